The van der Waals surface area contributed by atoms with Gasteiger partial charge in [0.15, 0.2) is 5.16 Å². The van der Waals surface area contributed by atoms with E-state index in [0.717, 1.165) is 6.42 Å². The molecule has 0 bridgehead atoms. The molecule has 29 heavy (non-hydrogen) atoms. The summed E-state index contributed by atoms with van der Waals surface area (Å²) in [6, 6.07) is 9.17. The van der Waals surface area contributed by atoms with E-state index in [1.807, 2.05) is 19.1 Å². The Hall–Kier alpha value is -2.87. The number of allylic oxidation sites excluding steroid dienone is 1. The second kappa shape index (κ2) is 9.09. The van der Waals surface area contributed by atoms with E-state index in [2.05, 4.69) is 28.9 Å². The van der Waals surface area contributed by atoms with Crippen LogP contribution in [0.15, 0.2) is 59.1 Å². The fourth-order valence-corrected chi connectivity index (χ4v) is 3.82. The molecule has 0 unspecified atom stereocenters. The van der Waals surface area contributed by atoms with Crippen molar-refractivity contribution in [2.45, 2.75) is 50.2 Å². The number of carbonyl (C=O) groups is 1. The smallest absolute Gasteiger partial charge is 0.262 e. The number of carbonyl (C=O) groups excluding carboxylic acids is 1. The number of amides is 1. The van der Waals surface area contributed by atoms with Crippen molar-refractivity contribution in [3.63, 3.8) is 0 Å². The van der Waals surface area contributed by atoms with Gasteiger partial charge in [0, 0.05) is 12.6 Å². The van der Waals surface area contributed by atoms with Gasteiger partial charge in [-0.25, -0.2) is 9.67 Å². The first-order valence-corrected chi connectivity index (χ1v) is 10.5. The van der Waals surface area contributed by atoms with E-state index in [1.165, 1.54) is 11.8 Å². The molecule has 0 saturated carbocycles. The van der Waals surface area contributed by atoms with Gasteiger partial charge in [0.05, 0.1) is 28.4 Å². The average Bonchev–Trinajstić information content (AvgIpc) is 3.18. The lowest BCUT2D eigenvalue weighted by molar-refractivity contribution is -0.115. The van der Waals surface area contributed by atoms with Crippen molar-refractivity contribution in [3.05, 3.63) is 59.5 Å². The van der Waals surface area contributed by atoms with Gasteiger partial charge in [-0.05, 0) is 32.4 Å². The predicted octanol–water partition coefficient (Wildman–Crippen LogP) is 3.87. The number of anilines is 1. The molecule has 7 nitrogen and oxygen atoms in total. The Morgan fingerprint density at radius 3 is 2.79 bits per heavy atom. The van der Waals surface area contributed by atoms with Crippen LogP contribution in [0.5, 0.6) is 0 Å². The molecule has 8 heteroatoms. The van der Waals surface area contributed by atoms with E-state index in [-0.39, 0.29) is 17.5 Å². The van der Waals surface area contributed by atoms with E-state index < -0.39 is 5.25 Å². The van der Waals surface area contributed by atoms with Crippen molar-refractivity contribution >= 4 is 34.4 Å². The lowest BCUT2D eigenvalue weighted by Crippen LogP contribution is -2.27. The third-order valence-corrected chi connectivity index (χ3v) is 5.81. The number of aromatic nitrogens is 4. The first-order chi connectivity index (χ1) is 14.0. The Labute approximate surface area is 173 Å². The number of thioether (sulfide) groups is 1. The summed E-state index contributed by atoms with van der Waals surface area (Å²) in [6.45, 7) is 9.97. The molecule has 1 N–H and O–H groups in total. The molecule has 0 fully saturated rings. The molecule has 0 spiro atoms. The van der Waals surface area contributed by atoms with Crippen LogP contribution >= 0.6 is 11.8 Å². The van der Waals surface area contributed by atoms with Crippen LogP contribution in [-0.4, -0.2) is 30.5 Å². The third-order valence-electron chi connectivity index (χ3n) is 4.72. The third kappa shape index (κ3) is 4.42. The standard InChI is InChI=1S/C21H25N5O2S/c1-5-13-25-20(28)16-9-7-8-10-17(16)23-21(25)29-15(4)19(27)24-18-11-12-22-26(18)14(3)6-2/h5,7-12,14-15H,1,6,13H2,2-4H3,(H,24,27)/t14-,15-/m1/s1. The van der Waals surface area contributed by atoms with E-state index in [0.29, 0.717) is 28.4 Å². The van der Waals surface area contributed by atoms with Crippen LogP contribution in [-0.2, 0) is 11.3 Å². The molecule has 2 atom stereocenters. The number of para-hydroxylation sites is 1. The zero-order valence-corrected chi connectivity index (χ0v) is 17.6. The molecule has 2 aromatic heterocycles. The van der Waals surface area contributed by atoms with Crippen LogP contribution < -0.4 is 10.9 Å². The molecule has 0 radical (unpaired) electrons. The fourth-order valence-electron chi connectivity index (χ4n) is 2.90. The summed E-state index contributed by atoms with van der Waals surface area (Å²) in [4.78, 5) is 30.3. The minimum Gasteiger partial charge on any atom is -0.310 e. The zero-order valence-electron chi connectivity index (χ0n) is 16.8. The van der Waals surface area contributed by atoms with Gasteiger partial charge in [-0.1, -0.05) is 36.9 Å². The molecule has 3 aromatic rings. The predicted molar refractivity (Wildman–Crippen MR) is 117 cm³/mol. The molecule has 0 saturated heterocycles. The van der Waals surface area contributed by atoms with Gasteiger partial charge in [-0.2, -0.15) is 5.10 Å². The highest BCUT2D eigenvalue weighted by molar-refractivity contribution is 8.00. The topological polar surface area (TPSA) is 81.8 Å². The van der Waals surface area contributed by atoms with Crippen LogP contribution in [0, 0.1) is 0 Å². The molecule has 0 aliphatic heterocycles. The molecule has 1 aromatic carbocycles. The lowest BCUT2D eigenvalue weighted by atomic mass is 10.2. The Kier molecular flexibility index (Phi) is 6.53. The Bertz CT molecular complexity index is 1090. The summed E-state index contributed by atoms with van der Waals surface area (Å²) >= 11 is 1.25. The summed E-state index contributed by atoms with van der Waals surface area (Å²) in [7, 11) is 0. The minimum atomic E-state index is -0.459. The van der Waals surface area contributed by atoms with Crippen LogP contribution in [0.1, 0.15) is 33.2 Å². The first kappa shape index (κ1) is 20.9. The van der Waals surface area contributed by atoms with Gasteiger partial charge in [0.2, 0.25) is 5.91 Å². The Morgan fingerprint density at radius 2 is 2.07 bits per heavy atom. The summed E-state index contributed by atoms with van der Waals surface area (Å²) in [6.07, 6.45) is 4.23. The van der Waals surface area contributed by atoms with Gasteiger partial charge in [-0.3, -0.25) is 14.2 Å². The van der Waals surface area contributed by atoms with Crippen molar-refractivity contribution in [3.8, 4) is 0 Å². The molecule has 3 rings (SSSR count). The van der Waals surface area contributed by atoms with E-state index >= 15 is 0 Å². The van der Waals surface area contributed by atoms with Gasteiger partial charge >= 0.3 is 0 Å². The number of hydrogen-bond acceptors (Lipinski definition) is 5. The Morgan fingerprint density at radius 1 is 1.31 bits per heavy atom. The highest BCUT2D eigenvalue weighted by Crippen LogP contribution is 2.24. The second-order valence-electron chi connectivity index (χ2n) is 6.78. The summed E-state index contributed by atoms with van der Waals surface area (Å²) in [5, 5.41) is 7.81. The van der Waals surface area contributed by atoms with Crippen molar-refractivity contribution in [2.75, 3.05) is 5.32 Å². The van der Waals surface area contributed by atoms with Crippen LogP contribution in [0.3, 0.4) is 0 Å². The lowest BCUT2D eigenvalue weighted by Gasteiger charge is -2.17. The molecule has 0 aliphatic carbocycles. The minimum absolute atomic E-state index is 0.138. The van der Waals surface area contributed by atoms with Crippen molar-refractivity contribution < 1.29 is 4.79 Å². The van der Waals surface area contributed by atoms with Crippen molar-refractivity contribution in [1.82, 2.24) is 19.3 Å². The number of fused-ring (bicyclic) bond motifs is 1. The maximum atomic E-state index is 12.8. The first-order valence-electron chi connectivity index (χ1n) is 9.57. The second-order valence-corrected chi connectivity index (χ2v) is 8.09. The average molecular weight is 412 g/mol. The molecular formula is C21H25N5O2S. The number of rotatable bonds is 8. The normalized spacial score (nSPS) is 13.2. The van der Waals surface area contributed by atoms with Crippen LogP contribution in [0.4, 0.5) is 5.82 Å². The summed E-state index contributed by atoms with van der Waals surface area (Å²) < 4.78 is 3.35. The Balaban J connectivity index is 1.85. The van der Waals surface area contributed by atoms with Gasteiger partial charge < -0.3 is 5.32 Å². The number of benzene rings is 1. The van der Waals surface area contributed by atoms with Crippen LogP contribution in [0.25, 0.3) is 10.9 Å². The molecule has 0 aliphatic rings. The maximum Gasteiger partial charge on any atom is 0.262 e. The monoisotopic (exact) mass is 411 g/mol. The van der Waals surface area contributed by atoms with Crippen molar-refractivity contribution in [2.24, 2.45) is 0 Å². The van der Waals surface area contributed by atoms with E-state index in [9.17, 15) is 9.59 Å². The molecule has 2 heterocycles. The summed E-state index contributed by atoms with van der Waals surface area (Å²) in [5.41, 5.74) is 0.475. The van der Waals surface area contributed by atoms with Gasteiger partial charge in [-0.15, -0.1) is 6.58 Å². The van der Waals surface area contributed by atoms with E-state index in [1.54, 1.807) is 46.6 Å². The van der Waals surface area contributed by atoms with Crippen molar-refractivity contribution in [1.29, 1.82) is 0 Å². The molecular weight excluding hydrogens is 386 g/mol. The molecule has 152 valence electrons. The van der Waals surface area contributed by atoms with Crippen LogP contribution in [0.2, 0.25) is 0 Å². The fraction of sp³-hybridized carbons (Fsp3) is 0.333. The number of nitrogens with one attached hydrogen (secondary N) is 1. The quantitative estimate of drug-likeness (QED) is 0.346. The molecule has 1 amide bonds. The van der Waals surface area contributed by atoms with Gasteiger partial charge in [0.25, 0.3) is 5.56 Å². The maximum absolute atomic E-state index is 12.8. The SMILES string of the molecule is C=CCn1c(S[C@H](C)C(=O)Nc2ccnn2[C@H](C)CC)nc2ccccc2c1=O. The number of hydrogen-bond donors (Lipinski definition) is 1. The zero-order chi connectivity index (χ0) is 21.0. The van der Waals surface area contributed by atoms with E-state index in [4.69, 9.17) is 0 Å². The van der Waals surface area contributed by atoms with Gasteiger partial charge in [0.1, 0.15) is 5.82 Å². The highest BCUT2D eigenvalue weighted by Gasteiger charge is 2.21. The largest absolute Gasteiger partial charge is 0.310 e. The number of nitrogens with zero attached hydrogens (tertiary/aromatic N) is 4. The highest BCUT2D eigenvalue weighted by atomic mass is 32.2. The summed E-state index contributed by atoms with van der Waals surface area (Å²) in [5.74, 6) is 0.486.